The maximum atomic E-state index is 14.8. The number of ether oxygens (including phenoxy) is 1. The second-order valence-electron chi connectivity index (χ2n) is 14.0. The quantitative estimate of drug-likeness (QED) is 0.0678. The molecule has 4 amide bonds. The number of aromatic amines is 1. The molecule has 1 unspecified atom stereocenters. The van der Waals surface area contributed by atoms with Gasteiger partial charge in [0.2, 0.25) is 11.8 Å². The van der Waals surface area contributed by atoms with Crippen molar-refractivity contribution in [2.75, 3.05) is 6.61 Å². The molecule has 5 N–H and O–H groups in total. The number of hydrogen-bond acceptors (Lipinski definition) is 7. The average molecular weight is 787 g/mol. The van der Waals surface area contributed by atoms with Crippen molar-refractivity contribution in [2.45, 2.75) is 97.1 Å². The number of para-hydroxylation sites is 1. The van der Waals surface area contributed by atoms with Crippen LogP contribution in [0.5, 0.6) is 0 Å². The van der Waals surface area contributed by atoms with Crippen molar-refractivity contribution in [1.82, 2.24) is 31.2 Å². The van der Waals surface area contributed by atoms with Crippen LogP contribution in [-0.2, 0) is 39.9 Å². The molecule has 0 fully saturated rings. The fraction of sp³-hybridized carbons (Fsp3) is 0.462. The van der Waals surface area contributed by atoms with E-state index in [9.17, 15) is 36.7 Å². The minimum absolute atomic E-state index is 0.0115. The van der Waals surface area contributed by atoms with E-state index < -0.39 is 64.9 Å². The monoisotopic (exact) mass is 786 g/mol. The van der Waals surface area contributed by atoms with Gasteiger partial charge in [-0.1, -0.05) is 70.9 Å². The lowest BCUT2D eigenvalue weighted by molar-refractivity contribution is -0.136. The van der Waals surface area contributed by atoms with Crippen molar-refractivity contribution in [2.24, 2.45) is 11.8 Å². The first-order chi connectivity index (χ1) is 26.1. The molecule has 5 rings (SSSR count). The van der Waals surface area contributed by atoms with Crippen LogP contribution in [0.4, 0.5) is 22.4 Å². The summed E-state index contributed by atoms with van der Waals surface area (Å²) in [4.78, 5) is 62.2. The Labute approximate surface area is 320 Å². The number of aryl methyl sites for hydroxylation is 1. The number of carbonyl (C=O) groups excluding carboxylic acids is 4. The normalized spacial score (nSPS) is 17.7. The number of urea groups is 1. The van der Waals surface area contributed by atoms with Gasteiger partial charge in [-0.2, -0.15) is 13.2 Å². The third-order valence-electron chi connectivity index (χ3n) is 10.4. The summed E-state index contributed by atoms with van der Waals surface area (Å²) in [6, 6.07) is 7.20. The molecule has 1 aliphatic carbocycles. The highest BCUT2D eigenvalue weighted by molar-refractivity contribution is 7.09. The minimum Gasteiger partial charge on any atom is -0.461 e. The molecule has 11 nitrogen and oxygen atoms in total. The Bertz CT molecular complexity index is 2030. The first-order valence-electron chi connectivity index (χ1n) is 18.3. The van der Waals surface area contributed by atoms with Gasteiger partial charge in [0.15, 0.2) is 5.69 Å². The van der Waals surface area contributed by atoms with Crippen molar-refractivity contribution in [1.29, 1.82) is 0 Å². The van der Waals surface area contributed by atoms with E-state index in [0.717, 1.165) is 6.07 Å². The van der Waals surface area contributed by atoms with Crippen LogP contribution in [0.15, 0.2) is 47.8 Å². The summed E-state index contributed by atoms with van der Waals surface area (Å²) < 4.78 is 61.6. The van der Waals surface area contributed by atoms with E-state index in [2.05, 4.69) is 31.2 Å². The molecule has 0 saturated carbocycles. The molecule has 0 saturated heterocycles. The number of benzene rings is 2. The highest BCUT2D eigenvalue weighted by Crippen LogP contribution is 2.40. The number of rotatable bonds is 14. The van der Waals surface area contributed by atoms with E-state index in [1.54, 1.807) is 31.4 Å². The van der Waals surface area contributed by atoms with E-state index in [1.807, 2.05) is 20.8 Å². The van der Waals surface area contributed by atoms with E-state index in [4.69, 9.17) is 4.74 Å². The predicted molar refractivity (Wildman–Crippen MR) is 200 cm³/mol. The molecule has 0 aliphatic heterocycles. The van der Waals surface area contributed by atoms with E-state index in [0.29, 0.717) is 29.1 Å². The molecular weight excluding hydrogens is 741 g/mol. The lowest BCUT2D eigenvalue weighted by Gasteiger charge is -2.39. The molecule has 5 atom stereocenters. The average Bonchev–Trinajstić information content (AvgIpc) is 3.80. The van der Waals surface area contributed by atoms with Crippen LogP contribution in [0.1, 0.15) is 97.8 Å². The molecule has 0 radical (unpaired) electrons. The minimum atomic E-state index is -4.64. The third-order valence-corrected chi connectivity index (χ3v) is 11.3. The van der Waals surface area contributed by atoms with Crippen molar-refractivity contribution < 1.29 is 41.5 Å². The number of fused-ring (bicyclic) bond motifs is 3. The van der Waals surface area contributed by atoms with Crippen LogP contribution in [0.25, 0.3) is 10.9 Å². The fourth-order valence-corrected chi connectivity index (χ4v) is 7.75. The Kier molecular flexibility index (Phi) is 12.9. The van der Waals surface area contributed by atoms with E-state index in [1.165, 1.54) is 35.6 Å². The summed E-state index contributed by atoms with van der Waals surface area (Å²) in [6.07, 6.45) is -3.60. The number of esters is 1. The van der Waals surface area contributed by atoms with Gasteiger partial charge in [-0.05, 0) is 49.3 Å². The topological polar surface area (TPSA) is 154 Å². The zero-order valence-electron chi connectivity index (χ0n) is 31.3. The van der Waals surface area contributed by atoms with Crippen molar-refractivity contribution in [3.63, 3.8) is 0 Å². The number of amides is 4. The molecular formula is C39H46F4N6O5S. The summed E-state index contributed by atoms with van der Waals surface area (Å²) in [6.45, 7) is 9.11. The Morgan fingerprint density at radius 2 is 1.73 bits per heavy atom. The first-order valence-corrected chi connectivity index (χ1v) is 19.2. The molecule has 16 heteroatoms. The Morgan fingerprint density at radius 3 is 2.40 bits per heavy atom. The summed E-state index contributed by atoms with van der Waals surface area (Å²) in [5, 5.41) is 13.6. The molecule has 55 heavy (non-hydrogen) atoms. The first kappa shape index (κ1) is 41.2. The van der Waals surface area contributed by atoms with E-state index >= 15 is 0 Å². The molecule has 4 aromatic rings. The Hall–Kier alpha value is -4.99. The number of H-pyrrole nitrogens is 1. The molecule has 2 aromatic carbocycles. The predicted octanol–water partition coefficient (Wildman–Crippen LogP) is 7.12. The Balaban J connectivity index is 1.50. The highest BCUT2D eigenvalue weighted by atomic mass is 32.1. The lowest BCUT2D eigenvalue weighted by atomic mass is 9.78. The van der Waals surface area contributed by atoms with Gasteiger partial charge in [-0.25, -0.2) is 19.0 Å². The lowest BCUT2D eigenvalue weighted by Crippen LogP contribution is -2.65. The summed E-state index contributed by atoms with van der Waals surface area (Å²) in [5.74, 6) is -3.00. The van der Waals surface area contributed by atoms with Crippen LogP contribution in [0, 0.1) is 17.7 Å². The van der Waals surface area contributed by atoms with Gasteiger partial charge in [-0.3, -0.25) is 9.59 Å². The smallest absolute Gasteiger partial charge is 0.418 e. The standard InChI is InChI=1S/C39H46F4N6O5S/c1-6-21(4)30(48-37(53)44-19-23-12-9-10-15-27(23)40)33(50)49-38(17-16-28-25(18-38)24-13-11-14-26(32(24)45-28)39(41,42)43)36(52)47-31(22(5)7-2)34-46-29(20-55-34)35(51)54-8-3/h9-15,20-22,30-31,45H,6-8,16-19H2,1-5H3,(H,47,52)(H,49,50)(H2,44,48,53)/t21-,22-,30-,31-,38?/m0/s1. The van der Waals surface area contributed by atoms with Gasteiger partial charge >= 0.3 is 18.2 Å². The largest absolute Gasteiger partial charge is 0.461 e. The van der Waals surface area contributed by atoms with Crippen molar-refractivity contribution in [3.05, 3.63) is 86.7 Å². The van der Waals surface area contributed by atoms with Crippen molar-refractivity contribution >= 4 is 46.1 Å². The highest BCUT2D eigenvalue weighted by Gasteiger charge is 2.47. The maximum absolute atomic E-state index is 14.8. The molecule has 296 valence electrons. The number of nitrogens with one attached hydrogen (secondary N) is 5. The second kappa shape index (κ2) is 17.2. The van der Waals surface area contributed by atoms with Crippen molar-refractivity contribution in [3.8, 4) is 0 Å². The number of carbonyl (C=O) groups is 4. The zero-order chi connectivity index (χ0) is 40.1. The number of thiazole rings is 1. The van der Waals surface area contributed by atoms with Gasteiger partial charge in [0, 0.05) is 35.0 Å². The van der Waals surface area contributed by atoms with E-state index in [-0.39, 0.29) is 60.5 Å². The van der Waals surface area contributed by atoms with Gasteiger partial charge < -0.3 is 31.0 Å². The molecule has 1 aliphatic rings. The van der Waals surface area contributed by atoms with Crippen LogP contribution >= 0.6 is 11.3 Å². The van der Waals surface area contributed by atoms with Crippen LogP contribution in [0.2, 0.25) is 0 Å². The summed E-state index contributed by atoms with van der Waals surface area (Å²) in [7, 11) is 0. The SMILES string of the molecule is CCOC(=O)c1csc([C@@H](NC(=O)C2(NC(=O)[C@@H](NC(=O)NCc3ccccc3F)[C@@H](C)CC)CCc3[nH]c4c(C(F)(F)F)cccc4c3C2)[C@@H](C)CC)n1. The van der Waals surface area contributed by atoms with Crippen LogP contribution in [-0.4, -0.2) is 52.0 Å². The fourth-order valence-electron chi connectivity index (χ4n) is 6.78. The Morgan fingerprint density at radius 1 is 1.00 bits per heavy atom. The zero-order valence-corrected chi connectivity index (χ0v) is 32.1. The number of aromatic nitrogens is 2. The number of hydrogen-bond donors (Lipinski definition) is 5. The number of alkyl halides is 3. The van der Waals surface area contributed by atoms with Crippen LogP contribution in [0.3, 0.4) is 0 Å². The van der Waals surface area contributed by atoms with Gasteiger partial charge in [-0.15, -0.1) is 11.3 Å². The maximum Gasteiger partial charge on any atom is 0.418 e. The summed E-state index contributed by atoms with van der Waals surface area (Å²) in [5.41, 5.74) is -1.34. The molecule has 0 bridgehead atoms. The number of halogens is 4. The van der Waals surface area contributed by atoms with Gasteiger partial charge in [0.05, 0.1) is 23.7 Å². The van der Waals surface area contributed by atoms with Crippen LogP contribution < -0.4 is 21.3 Å². The second-order valence-corrected chi connectivity index (χ2v) is 14.9. The third kappa shape index (κ3) is 9.11. The molecule has 2 aromatic heterocycles. The number of nitrogens with zero attached hydrogens (tertiary/aromatic N) is 1. The molecule has 2 heterocycles. The summed E-state index contributed by atoms with van der Waals surface area (Å²) >= 11 is 1.17. The van der Waals surface area contributed by atoms with Gasteiger partial charge in [0.1, 0.15) is 22.4 Å². The molecule has 0 spiro atoms. The van der Waals surface area contributed by atoms with Gasteiger partial charge in [0.25, 0.3) is 0 Å².